The van der Waals surface area contributed by atoms with Gasteiger partial charge < -0.3 is 4.84 Å². The molecule has 0 aromatic carbocycles. The van der Waals surface area contributed by atoms with Crippen LogP contribution in [-0.4, -0.2) is 17.2 Å². The Balaban J connectivity index is 2.25. The fraction of sp³-hybridized carbons (Fsp3) is 0.455. The van der Waals surface area contributed by atoms with Gasteiger partial charge in [-0.25, -0.2) is 9.78 Å². The van der Waals surface area contributed by atoms with Crippen molar-refractivity contribution in [1.29, 1.82) is 0 Å². The van der Waals surface area contributed by atoms with Gasteiger partial charge in [0.05, 0.1) is 0 Å². The summed E-state index contributed by atoms with van der Waals surface area (Å²) < 4.78 is 0. The molecule has 1 aliphatic rings. The molecule has 0 saturated carbocycles. The SMILES string of the molecule is Cc1ccc(N2OC(=O)N[C@@H]2C(C)C)nc1. The second kappa shape index (κ2) is 4.00. The molecule has 1 amide bonds. The zero-order chi connectivity index (χ0) is 11.7. The number of aromatic nitrogens is 1. The van der Waals surface area contributed by atoms with E-state index in [9.17, 15) is 4.79 Å². The van der Waals surface area contributed by atoms with E-state index in [0.29, 0.717) is 5.82 Å². The average molecular weight is 221 g/mol. The molecule has 2 rings (SSSR count). The fourth-order valence-corrected chi connectivity index (χ4v) is 1.57. The number of carbonyl (C=O) groups is 1. The largest absolute Gasteiger partial charge is 0.433 e. The Morgan fingerprint density at radius 2 is 2.25 bits per heavy atom. The number of amides is 1. The third-order valence-electron chi connectivity index (χ3n) is 2.45. The molecule has 0 radical (unpaired) electrons. The topological polar surface area (TPSA) is 54.5 Å². The number of nitrogens with zero attached hydrogens (tertiary/aromatic N) is 2. The number of anilines is 1. The molecule has 1 aliphatic heterocycles. The van der Waals surface area contributed by atoms with E-state index in [4.69, 9.17) is 4.84 Å². The molecular formula is C11H15N3O2. The first kappa shape index (κ1) is 10.7. The number of hydroxylamine groups is 1. The summed E-state index contributed by atoms with van der Waals surface area (Å²) in [5, 5.41) is 4.26. The normalized spacial score (nSPS) is 19.9. The van der Waals surface area contributed by atoms with E-state index < -0.39 is 6.09 Å². The molecule has 2 heterocycles. The minimum Gasteiger partial charge on any atom is -0.318 e. The summed E-state index contributed by atoms with van der Waals surface area (Å²) in [5.74, 6) is 0.886. The average Bonchev–Trinajstić information content (AvgIpc) is 2.61. The molecule has 1 saturated heterocycles. The van der Waals surface area contributed by atoms with Gasteiger partial charge in [-0.1, -0.05) is 19.9 Å². The highest BCUT2D eigenvalue weighted by molar-refractivity contribution is 5.72. The summed E-state index contributed by atoms with van der Waals surface area (Å²) in [4.78, 5) is 20.5. The van der Waals surface area contributed by atoms with E-state index in [2.05, 4.69) is 10.3 Å². The van der Waals surface area contributed by atoms with E-state index in [1.54, 1.807) is 6.20 Å². The highest BCUT2D eigenvalue weighted by Crippen LogP contribution is 2.22. The summed E-state index contributed by atoms with van der Waals surface area (Å²) in [7, 11) is 0. The van der Waals surface area contributed by atoms with Crippen LogP contribution in [0.3, 0.4) is 0 Å². The second-order valence-electron chi connectivity index (χ2n) is 4.23. The van der Waals surface area contributed by atoms with Gasteiger partial charge in [0.2, 0.25) is 0 Å². The lowest BCUT2D eigenvalue weighted by atomic mass is 10.1. The predicted molar refractivity (Wildman–Crippen MR) is 59.7 cm³/mol. The van der Waals surface area contributed by atoms with Crippen LogP contribution in [-0.2, 0) is 4.84 Å². The van der Waals surface area contributed by atoms with Crippen molar-refractivity contribution in [3.05, 3.63) is 23.9 Å². The summed E-state index contributed by atoms with van der Waals surface area (Å²) in [6.07, 6.45) is 1.16. The lowest BCUT2D eigenvalue weighted by molar-refractivity contribution is 0.159. The lowest BCUT2D eigenvalue weighted by Crippen LogP contribution is -2.40. The molecule has 0 aliphatic carbocycles. The van der Waals surface area contributed by atoms with Crippen molar-refractivity contribution in [2.45, 2.75) is 26.9 Å². The van der Waals surface area contributed by atoms with Gasteiger partial charge >= 0.3 is 6.09 Å². The first-order chi connectivity index (χ1) is 7.58. The maximum atomic E-state index is 11.2. The number of hydrogen-bond acceptors (Lipinski definition) is 4. The molecule has 1 fully saturated rings. The van der Waals surface area contributed by atoms with E-state index in [-0.39, 0.29) is 12.1 Å². The Labute approximate surface area is 94.4 Å². The van der Waals surface area contributed by atoms with E-state index in [1.165, 1.54) is 5.06 Å². The van der Waals surface area contributed by atoms with Gasteiger partial charge in [0.25, 0.3) is 0 Å². The molecule has 16 heavy (non-hydrogen) atoms. The third kappa shape index (κ3) is 1.93. The molecule has 86 valence electrons. The van der Waals surface area contributed by atoms with E-state index >= 15 is 0 Å². The molecule has 1 aromatic rings. The summed E-state index contributed by atoms with van der Waals surface area (Å²) >= 11 is 0. The third-order valence-corrected chi connectivity index (χ3v) is 2.45. The number of aryl methyl sites for hydroxylation is 1. The Morgan fingerprint density at radius 1 is 1.50 bits per heavy atom. The quantitative estimate of drug-likeness (QED) is 0.827. The van der Waals surface area contributed by atoms with Crippen LogP contribution < -0.4 is 10.4 Å². The number of nitrogens with one attached hydrogen (secondary N) is 1. The molecule has 5 nitrogen and oxygen atoms in total. The van der Waals surface area contributed by atoms with Crippen LogP contribution in [0.25, 0.3) is 0 Å². The van der Waals surface area contributed by atoms with Crippen molar-refractivity contribution in [3.8, 4) is 0 Å². The van der Waals surface area contributed by atoms with Gasteiger partial charge in [-0.3, -0.25) is 5.32 Å². The van der Waals surface area contributed by atoms with Crippen LogP contribution in [0.2, 0.25) is 0 Å². The van der Waals surface area contributed by atoms with E-state index in [1.807, 2.05) is 32.9 Å². The highest BCUT2D eigenvalue weighted by atomic mass is 16.7. The van der Waals surface area contributed by atoms with Crippen LogP contribution in [0.1, 0.15) is 19.4 Å². The fourth-order valence-electron chi connectivity index (χ4n) is 1.57. The standard InChI is InChI=1S/C11H15N3O2/c1-7(2)10-13-11(15)16-14(10)9-5-4-8(3)6-12-9/h4-7,10H,1-3H3,(H,13,15)/t10-/m0/s1. The first-order valence-electron chi connectivity index (χ1n) is 5.28. The van der Waals surface area contributed by atoms with Gasteiger partial charge in [-0.05, 0) is 24.5 Å². The van der Waals surface area contributed by atoms with Crippen LogP contribution >= 0.6 is 0 Å². The molecular weight excluding hydrogens is 206 g/mol. The molecule has 5 heteroatoms. The van der Waals surface area contributed by atoms with Crippen molar-refractivity contribution in [2.24, 2.45) is 5.92 Å². The maximum absolute atomic E-state index is 11.2. The lowest BCUT2D eigenvalue weighted by Gasteiger charge is -2.23. The van der Waals surface area contributed by atoms with E-state index in [0.717, 1.165) is 5.56 Å². The van der Waals surface area contributed by atoms with Crippen molar-refractivity contribution >= 4 is 11.9 Å². The molecule has 1 atom stereocenters. The zero-order valence-electron chi connectivity index (χ0n) is 9.60. The van der Waals surface area contributed by atoms with Crippen LogP contribution in [0.5, 0.6) is 0 Å². The minimum absolute atomic E-state index is 0.164. The first-order valence-corrected chi connectivity index (χ1v) is 5.28. The van der Waals surface area contributed by atoms with Gasteiger partial charge in [-0.2, -0.15) is 5.06 Å². The minimum atomic E-state index is -0.430. The highest BCUT2D eigenvalue weighted by Gasteiger charge is 2.35. The van der Waals surface area contributed by atoms with Crippen LogP contribution in [0.15, 0.2) is 18.3 Å². The molecule has 0 unspecified atom stereocenters. The van der Waals surface area contributed by atoms with Gasteiger partial charge in [0, 0.05) is 6.20 Å². The smallest absolute Gasteiger partial charge is 0.318 e. The van der Waals surface area contributed by atoms with Crippen molar-refractivity contribution in [1.82, 2.24) is 10.3 Å². The maximum Gasteiger partial charge on any atom is 0.433 e. The number of carbonyl (C=O) groups excluding carboxylic acids is 1. The van der Waals surface area contributed by atoms with Crippen molar-refractivity contribution < 1.29 is 9.63 Å². The van der Waals surface area contributed by atoms with Crippen molar-refractivity contribution in [3.63, 3.8) is 0 Å². The second-order valence-corrected chi connectivity index (χ2v) is 4.23. The Hall–Kier alpha value is -1.78. The number of hydrogen-bond donors (Lipinski definition) is 1. The Kier molecular flexibility index (Phi) is 2.68. The summed E-state index contributed by atoms with van der Waals surface area (Å²) in [6, 6.07) is 3.77. The van der Waals surface area contributed by atoms with Crippen LogP contribution in [0.4, 0.5) is 10.6 Å². The van der Waals surface area contributed by atoms with Gasteiger partial charge in [-0.15, -0.1) is 0 Å². The number of pyridine rings is 1. The van der Waals surface area contributed by atoms with Crippen LogP contribution in [0, 0.1) is 12.8 Å². The molecule has 1 aromatic heterocycles. The van der Waals surface area contributed by atoms with Crippen molar-refractivity contribution in [2.75, 3.05) is 5.06 Å². The molecule has 0 bridgehead atoms. The molecule has 1 N–H and O–H groups in total. The molecule has 0 spiro atoms. The predicted octanol–water partition coefficient (Wildman–Crippen LogP) is 1.83. The summed E-state index contributed by atoms with van der Waals surface area (Å²) in [5.41, 5.74) is 1.07. The van der Waals surface area contributed by atoms with Gasteiger partial charge in [0.15, 0.2) is 5.82 Å². The monoisotopic (exact) mass is 221 g/mol. The van der Waals surface area contributed by atoms with Gasteiger partial charge in [0.1, 0.15) is 6.17 Å². The summed E-state index contributed by atoms with van der Waals surface area (Å²) in [6.45, 7) is 5.99. The number of rotatable bonds is 2. The Bertz CT molecular complexity index is 389. The zero-order valence-corrected chi connectivity index (χ0v) is 9.60. The Morgan fingerprint density at radius 3 is 2.81 bits per heavy atom.